The van der Waals surface area contributed by atoms with Crippen LogP contribution >= 0.6 is 0 Å². The number of methoxy groups -OCH3 is 2. The first-order valence-electron chi connectivity index (χ1n) is 10.3. The summed E-state index contributed by atoms with van der Waals surface area (Å²) < 4.78 is 10.7. The zero-order valence-electron chi connectivity index (χ0n) is 18.8. The van der Waals surface area contributed by atoms with E-state index < -0.39 is 0 Å². The summed E-state index contributed by atoms with van der Waals surface area (Å²) in [7, 11) is 3.26. The number of benzene rings is 1. The number of aromatic nitrogens is 2. The highest BCUT2D eigenvalue weighted by molar-refractivity contribution is 5.98. The maximum atomic E-state index is 13.2. The van der Waals surface area contributed by atoms with E-state index in [1.54, 1.807) is 14.2 Å². The van der Waals surface area contributed by atoms with Crippen molar-refractivity contribution in [2.45, 2.75) is 58.6 Å². The van der Waals surface area contributed by atoms with Gasteiger partial charge in [0.15, 0.2) is 0 Å². The number of ether oxygens (including phenoxy) is 2. The molecule has 0 saturated carbocycles. The van der Waals surface area contributed by atoms with Gasteiger partial charge in [-0.3, -0.25) is 4.79 Å². The summed E-state index contributed by atoms with van der Waals surface area (Å²) in [6.45, 7) is 9.42. The van der Waals surface area contributed by atoms with Crippen LogP contribution in [0.3, 0.4) is 0 Å². The van der Waals surface area contributed by atoms with Crippen molar-refractivity contribution in [3.63, 3.8) is 0 Å². The van der Waals surface area contributed by atoms with Crippen LogP contribution in [-0.4, -0.2) is 42.7 Å². The van der Waals surface area contributed by atoms with Gasteiger partial charge in [-0.1, -0.05) is 26.8 Å². The number of carbonyl (C=O) groups excluding carboxylic acids is 1. The molecular formula is C23H32N4O3. The lowest BCUT2D eigenvalue weighted by molar-refractivity contribution is -0.117. The first kappa shape index (κ1) is 22.0. The summed E-state index contributed by atoms with van der Waals surface area (Å²) in [5.41, 5.74) is 2.36. The van der Waals surface area contributed by atoms with Crippen molar-refractivity contribution in [2.24, 2.45) is 0 Å². The fourth-order valence-electron chi connectivity index (χ4n) is 3.64. The number of anilines is 2. The second-order valence-corrected chi connectivity index (χ2v) is 8.77. The van der Waals surface area contributed by atoms with E-state index in [1.165, 1.54) is 0 Å². The highest BCUT2D eigenvalue weighted by Crippen LogP contribution is 2.30. The molecule has 0 spiro atoms. The third kappa shape index (κ3) is 4.90. The van der Waals surface area contributed by atoms with Crippen molar-refractivity contribution >= 4 is 17.4 Å². The number of aryl methyl sites for hydroxylation is 1. The number of hydrogen-bond acceptors (Lipinski definition) is 6. The van der Waals surface area contributed by atoms with E-state index in [9.17, 15) is 4.79 Å². The Labute approximate surface area is 178 Å². The van der Waals surface area contributed by atoms with E-state index >= 15 is 0 Å². The molecule has 1 amide bonds. The Kier molecular flexibility index (Phi) is 6.61. The lowest BCUT2D eigenvalue weighted by Gasteiger charge is -2.27. The third-order valence-electron chi connectivity index (χ3n) is 5.19. The van der Waals surface area contributed by atoms with Crippen LogP contribution in [0.25, 0.3) is 0 Å². The lowest BCUT2D eigenvalue weighted by Crippen LogP contribution is -2.40. The molecule has 2 aromatic rings. The molecular weight excluding hydrogens is 380 g/mol. The molecule has 1 aromatic heterocycles. The molecule has 1 aromatic carbocycles. The summed E-state index contributed by atoms with van der Waals surface area (Å²) in [5.74, 6) is 2.12. The van der Waals surface area contributed by atoms with Gasteiger partial charge in [0.2, 0.25) is 5.91 Å². The Balaban J connectivity index is 1.89. The van der Waals surface area contributed by atoms with Crippen LogP contribution < -0.4 is 15.0 Å². The van der Waals surface area contributed by atoms with E-state index in [2.05, 4.69) is 36.0 Å². The van der Waals surface area contributed by atoms with Crippen LogP contribution in [0.5, 0.6) is 5.75 Å². The number of rotatable bonds is 6. The van der Waals surface area contributed by atoms with E-state index in [-0.39, 0.29) is 17.4 Å². The monoisotopic (exact) mass is 412 g/mol. The van der Waals surface area contributed by atoms with Crippen LogP contribution in [0, 0.1) is 6.92 Å². The summed E-state index contributed by atoms with van der Waals surface area (Å²) in [6.07, 6.45) is 1.70. The highest BCUT2D eigenvalue weighted by atomic mass is 16.5. The minimum atomic E-state index is -0.298. The molecule has 2 heterocycles. The van der Waals surface area contributed by atoms with Gasteiger partial charge in [-0.25, -0.2) is 9.97 Å². The molecule has 1 saturated heterocycles. The zero-order valence-corrected chi connectivity index (χ0v) is 18.8. The van der Waals surface area contributed by atoms with Gasteiger partial charge in [0, 0.05) is 25.1 Å². The van der Waals surface area contributed by atoms with Crippen molar-refractivity contribution in [3.05, 3.63) is 41.3 Å². The quantitative estimate of drug-likeness (QED) is 0.777. The minimum Gasteiger partial charge on any atom is -0.495 e. The fourth-order valence-corrected chi connectivity index (χ4v) is 3.64. The summed E-state index contributed by atoms with van der Waals surface area (Å²) >= 11 is 0. The summed E-state index contributed by atoms with van der Waals surface area (Å²) in [4.78, 5) is 24.7. The van der Waals surface area contributed by atoms with Crippen molar-refractivity contribution in [1.29, 1.82) is 0 Å². The van der Waals surface area contributed by atoms with Crippen molar-refractivity contribution in [1.82, 2.24) is 9.97 Å². The van der Waals surface area contributed by atoms with Gasteiger partial charge < -0.3 is 19.7 Å². The third-order valence-corrected chi connectivity index (χ3v) is 5.19. The fraction of sp³-hybridized carbons (Fsp3) is 0.522. The van der Waals surface area contributed by atoms with Crippen LogP contribution in [0.2, 0.25) is 0 Å². The Morgan fingerprint density at radius 2 is 2.00 bits per heavy atom. The van der Waals surface area contributed by atoms with Gasteiger partial charge >= 0.3 is 0 Å². The van der Waals surface area contributed by atoms with E-state index in [0.717, 1.165) is 42.3 Å². The smallest absolute Gasteiger partial charge is 0.247 e. The molecule has 1 aliphatic heterocycles. The maximum Gasteiger partial charge on any atom is 0.247 e. The molecule has 1 atom stereocenters. The molecule has 7 nitrogen and oxygen atoms in total. The van der Waals surface area contributed by atoms with Gasteiger partial charge in [-0.05, 0) is 37.5 Å². The highest BCUT2D eigenvalue weighted by Gasteiger charge is 2.33. The molecule has 1 unspecified atom stereocenters. The number of nitrogens with zero attached hydrogens (tertiary/aromatic N) is 3. The van der Waals surface area contributed by atoms with Gasteiger partial charge in [-0.2, -0.15) is 0 Å². The van der Waals surface area contributed by atoms with Gasteiger partial charge in [0.05, 0.1) is 25.1 Å². The van der Waals surface area contributed by atoms with Gasteiger partial charge in [-0.15, -0.1) is 0 Å². The molecule has 30 heavy (non-hydrogen) atoms. The van der Waals surface area contributed by atoms with Gasteiger partial charge in [0.1, 0.15) is 23.4 Å². The summed E-state index contributed by atoms with van der Waals surface area (Å²) in [5, 5.41) is 3.05. The number of carbonyl (C=O) groups is 1. The number of amides is 1. The van der Waals surface area contributed by atoms with Crippen LogP contribution in [0.1, 0.15) is 50.7 Å². The molecule has 1 N–H and O–H groups in total. The second kappa shape index (κ2) is 9.00. The Morgan fingerprint density at radius 1 is 1.23 bits per heavy atom. The first-order chi connectivity index (χ1) is 14.2. The number of hydrogen-bond donors (Lipinski definition) is 1. The van der Waals surface area contributed by atoms with Crippen molar-refractivity contribution in [2.75, 3.05) is 31.0 Å². The molecule has 0 aliphatic carbocycles. The van der Waals surface area contributed by atoms with E-state index in [1.807, 2.05) is 31.2 Å². The van der Waals surface area contributed by atoms with Crippen molar-refractivity contribution in [3.8, 4) is 5.75 Å². The predicted octanol–water partition coefficient (Wildman–Crippen LogP) is 3.85. The van der Waals surface area contributed by atoms with Crippen LogP contribution in [0.4, 0.5) is 11.5 Å². The zero-order chi connectivity index (χ0) is 21.9. The molecule has 0 radical (unpaired) electrons. The normalized spacial score (nSPS) is 16.6. The number of nitrogens with one attached hydrogen (secondary N) is 1. The average molecular weight is 413 g/mol. The predicted molar refractivity (Wildman–Crippen MR) is 118 cm³/mol. The van der Waals surface area contributed by atoms with Crippen molar-refractivity contribution < 1.29 is 14.3 Å². The maximum absolute atomic E-state index is 13.2. The molecule has 162 valence electrons. The molecule has 1 aliphatic rings. The largest absolute Gasteiger partial charge is 0.495 e. The Morgan fingerprint density at radius 3 is 2.67 bits per heavy atom. The van der Waals surface area contributed by atoms with E-state index in [4.69, 9.17) is 14.5 Å². The standard InChI is InChI=1S/C23H32N4O3/c1-15-9-10-19(30-6)17(12-15)25-21(28)18-8-7-11-27(18)20-13-16(14-29-5)24-22(26-20)23(2,3)4/h9-10,12-13,18H,7-8,11,14H2,1-6H3,(H,25,28). The minimum absolute atomic E-state index is 0.0550. The van der Waals surface area contributed by atoms with Crippen LogP contribution in [0.15, 0.2) is 24.3 Å². The first-order valence-corrected chi connectivity index (χ1v) is 10.3. The van der Waals surface area contributed by atoms with E-state index in [0.29, 0.717) is 18.0 Å². The Hall–Kier alpha value is -2.67. The van der Waals surface area contributed by atoms with Crippen LogP contribution in [-0.2, 0) is 21.6 Å². The Bertz CT molecular complexity index is 908. The molecule has 7 heteroatoms. The molecule has 3 rings (SSSR count). The summed E-state index contributed by atoms with van der Waals surface area (Å²) in [6, 6.07) is 7.39. The molecule has 0 bridgehead atoms. The van der Waals surface area contributed by atoms with Gasteiger partial charge in [0.25, 0.3) is 0 Å². The average Bonchev–Trinajstić information content (AvgIpc) is 3.17. The lowest BCUT2D eigenvalue weighted by atomic mass is 9.95. The molecule has 1 fully saturated rings. The topological polar surface area (TPSA) is 76.6 Å². The SMILES string of the molecule is COCc1cc(N2CCCC2C(=O)Nc2cc(C)ccc2OC)nc(C(C)(C)C)n1. The second-order valence-electron chi connectivity index (χ2n) is 8.77.